The van der Waals surface area contributed by atoms with E-state index in [9.17, 15) is 8.42 Å². The molecular weight excluding hydrogens is 260 g/mol. The fourth-order valence-electron chi connectivity index (χ4n) is 3.38. The number of nitrogens with zero attached hydrogens (tertiary/aromatic N) is 1. The third-order valence-electron chi connectivity index (χ3n) is 4.97. The van der Waals surface area contributed by atoms with Gasteiger partial charge in [0, 0.05) is 19.1 Å². The largest absolute Gasteiger partial charge is 0.279 e. The minimum absolute atomic E-state index is 0.117. The molecule has 112 valence electrons. The topological polar surface area (TPSA) is 49.4 Å². The predicted octanol–water partition coefficient (Wildman–Crippen LogP) is 2.38. The maximum atomic E-state index is 12.5. The first kappa shape index (κ1) is 15.3. The highest BCUT2D eigenvalue weighted by Gasteiger charge is 2.33. The van der Waals surface area contributed by atoms with Crippen LogP contribution in [0.15, 0.2) is 0 Å². The Morgan fingerprint density at radius 3 is 2.47 bits per heavy atom. The average molecular weight is 288 g/mol. The van der Waals surface area contributed by atoms with Crippen molar-refractivity contribution in [3.8, 4) is 0 Å². The van der Waals surface area contributed by atoms with Crippen molar-refractivity contribution in [3.63, 3.8) is 0 Å². The van der Waals surface area contributed by atoms with E-state index in [0.717, 1.165) is 25.7 Å². The molecule has 2 rings (SSSR count). The van der Waals surface area contributed by atoms with Gasteiger partial charge in [-0.25, -0.2) is 0 Å². The van der Waals surface area contributed by atoms with Crippen LogP contribution in [0, 0.1) is 17.8 Å². The normalized spacial score (nSPS) is 38.3. The summed E-state index contributed by atoms with van der Waals surface area (Å²) in [6, 6.07) is 0.117. The van der Waals surface area contributed by atoms with Gasteiger partial charge in [-0.2, -0.15) is 17.4 Å². The Morgan fingerprint density at radius 1 is 1.05 bits per heavy atom. The van der Waals surface area contributed by atoms with Gasteiger partial charge in [0.05, 0.1) is 0 Å². The van der Waals surface area contributed by atoms with Crippen LogP contribution in [-0.2, 0) is 10.2 Å². The first-order valence-corrected chi connectivity index (χ1v) is 9.11. The first-order valence-electron chi connectivity index (χ1n) is 7.67. The minimum atomic E-state index is -3.29. The summed E-state index contributed by atoms with van der Waals surface area (Å²) < 4.78 is 29.5. The van der Waals surface area contributed by atoms with Gasteiger partial charge in [0.25, 0.3) is 10.2 Å². The molecule has 1 heterocycles. The van der Waals surface area contributed by atoms with Crippen LogP contribution in [0.5, 0.6) is 0 Å². The van der Waals surface area contributed by atoms with Crippen molar-refractivity contribution in [2.75, 3.05) is 13.1 Å². The summed E-state index contributed by atoms with van der Waals surface area (Å²) >= 11 is 0. The van der Waals surface area contributed by atoms with Gasteiger partial charge >= 0.3 is 0 Å². The fourth-order valence-corrected chi connectivity index (χ4v) is 5.06. The van der Waals surface area contributed by atoms with Gasteiger partial charge in [0.15, 0.2) is 0 Å². The molecule has 0 aromatic rings. The summed E-state index contributed by atoms with van der Waals surface area (Å²) in [5, 5.41) is 0. The van der Waals surface area contributed by atoms with E-state index in [1.165, 1.54) is 6.42 Å². The van der Waals surface area contributed by atoms with E-state index in [1.807, 2.05) is 0 Å². The standard InChI is InChI=1S/C14H28N2O2S/c1-11-6-5-9-16(10-11)19(17,18)15-14-8-4-7-12(2)13(14)3/h11-15H,4-10H2,1-3H3. The summed E-state index contributed by atoms with van der Waals surface area (Å²) in [6.45, 7) is 7.89. The molecule has 4 nitrogen and oxygen atoms in total. The summed E-state index contributed by atoms with van der Waals surface area (Å²) in [5.74, 6) is 1.53. The molecule has 0 aromatic heterocycles. The van der Waals surface area contributed by atoms with Gasteiger partial charge in [0.2, 0.25) is 0 Å². The van der Waals surface area contributed by atoms with E-state index in [0.29, 0.717) is 30.8 Å². The number of hydrogen-bond donors (Lipinski definition) is 1. The second kappa shape index (κ2) is 6.10. The third kappa shape index (κ3) is 3.70. The van der Waals surface area contributed by atoms with Crippen LogP contribution in [-0.4, -0.2) is 31.9 Å². The van der Waals surface area contributed by atoms with Crippen molar-refractivity contribution < 1.29 is 8.42 Å². The molecule has 19 heavy (non-hydrogen) atoms. The molecule has 2 aliphatic rings. The van der Waals surface area contributed by atoms with Crippen LogP contribution in [0.25, 0.3) is 0 Å². The van der Waals surface area contributed by atoms with Crippen molar-refractivity contribution in [1.29, 1.82) is 0 Å². The lowest BCUT2D eigenvalue weighted by Gasteiger charge is -2.37. The summed E-state index contributed by atoms with van der Waals surface area (Å²) in [4.78, 5) is 0. The van der Waals surface area contributed by atoms with Gasteiger partial charge in [-0.1, -0.05) is 33.6 Å². The van der Waals surface area contributed by atoms with Crippen molar-refractivity contribution in [2.24, 2.45) is 17.8 Å². The van der Waals surface area contributed by atoms with Gasteiger partial charge in [-0.15, -0.1) is 0 Å². The molecule has 5 heteroatoms. The molecule has 4 unspecified atom stereocenters. The third-order valence-corrected chi connectivity index (χ3v) is 6.58. The first-order chi connectivity index (χ1) is 8.90. The van der Waals surface area contributed by atoms with Crippen LogP contribution in [0.4, 0.5) is 0 Å². The number of piperidine rings is 1. The highest BCUT2D eigenvalue weighted by molar-refractivity contribution is 7.87. The van der Waals surface area contributed by atoms with E-state index in [2.05, 4.69) is 25.5 Å². The smallest absolute Gasteiger partial charge is 0.199 e. The maximum Gasteiger partial charge on any atom is 0.279 e. The van der Waals surface area contributed by atoms with E-state index < -0.39 is 10.2 Å². The van der Waals surface area contributed by atoms with Gasteiger partial charge < -0.3 is 0 Å². The van der Waals surface area contributed by atoms with Crippen LogP contribution in [0.1, 0.15) is 52.9 Å². The van der Waals surface area contributed by atoms with Gasteiger partial charge in [0.1, 0.15) is 0 Å². The summed E-state index contributed by atoms with van der Waals surface area (Å²) in [7, 11) is -3.29. The van der Waals surface area contributed by atoms with Crippen molar-refractivity contribution >= 4 is 10.2 Å². The molecule has 1 saturated carbocycles. The highest BCUT2D eigenvalue weighted by Crippen LogP contribution is 2.30. The zero-order valence-corrected chi connectivity index (χ0v) is 13.2. The Kier molecular flexibility index (Phi) is 4.90. The molecule has 2 fully saturated rings. The molecule has 1 N–H and O–H groups in total. The Hall–Kier alpha value is -0.130. The summed E-state index contributed by atoms with van der Waals surface area (Å²) in [5.41, 5.74) is 0. The van der Waals surface area contributed by atoms with Crippen LogP contribution >= 0.6 is 0 Å². The fraction of sp³-hybridized carbons (Fsp3) is 1.00. The van der Waals surface area contributed by atoms with E-state index in [4.69, 9.17) is 0 Å². The van der Waals surface area contributed by atoms with E-state index in [1.54, 1.807) is 4.31 Å². The van der Waals surface area contributed by atoms with E-state index in [-0.39, 0.29) is 6.04 Å². The molecule has 0 spiro atoms. The van der Waals surface area contributed by atoms with Crippen molar-refractivity contribution in [3.05, 3.63) is 0 Å². The number of rotatable bonds is 3. The Balaban J connectivity index is 2.00. The molecule has 4 atom stereocenters. The Labute approximate surface area is 118 Å². The average Bonchev–Trinajstić information content (AvgIpc) is 2.35. The predicted molar refractivity (Wildman–Crippen MR) is 78.0 cm³/mol. The molecule has 0 radical (unpaired) electrons. The van der Waals surface area contributed by atoms with Gasteiger partial charge in [-0.05, 0) is 37.0 Å². The molecule has 0 aromatic carbocycles. The molecular formula is C14H28N2O2S. The lowest BCUT2D eigenvalue weighted by molar-refractivity contribution is 0.218. The van der Waals surface area contributed by atoms with Crippen molar-refractivity contribution in [2.45, 2.75) is 58.9 Å². The second-order valence-electron chi connectivity index (χ2n) is 6.60. The van der Waals surface area contributed by atoms with Crippen LogP contribution in [0.2, 0.25) is 0 Å². The quantitative estimate of drug-likeness (QED) is 0.867. The minimum Gasteiger partial charge on any atom is -0.199 e. The van der Waals surface area contributed by atoms with Gasteiger partial charge in [-0.3, -0.25) is 0 Å². The highest BCUT2D eigenvalue weighted by atomic mass is 32.2. The van der Waals surface area contributed by atoms with E-state index >= 15 is 0 Å². The number of hydrogen-bond acceptors (Lipinski definition) is 2. The molecule has 0 bridgehead atoms. The second-order valence-corrected chi connectivity index (χ2v) is 8.30. The lowest BCUT2D eigenvalue weighted by Crippen LogP contribution is -2.51. The monoisotopic (exact) mass is 288 g/mol. The van der Waals surface area contributed by atoms with Crippen molar-refractivity contribution in [1.82, 2.24) is 9.03 Å². The maximum absolute atomic E-state index is 12.5. The molecule has 1 aliphatic heterocycles. The Bertz CT molecular complexity index is 396. The Morgan fingerprint density at radius 2 is 1.79 bits per heavy atom. The SMILES string of the molecule is CC1CCCN(S(=O)(=O)NC2CCCC(C)C2C)C1. The molecule has 0 amide bonds. The van der Waals surface area contributed by atoms with Crippen LogP contribution < -0.4 is 4.72 Å². The van der Waals surface area contributed by atoms with Crippen LogP contribution in [0.3, 0.4) is 0 Å². The zero-order valence-electron chi connectivity index (χ0n) is 12.4. The number of nitrogens with one attached hydrogen (secondary N) is 1. The zero-order chi connectivity index (χ0) is 14.0. The molecule has 1 saturated heterocycles. The summed E-state index contributed by atoms with van der Waals surface area (Å²) in [6.07, 6.45) is 5.46. The molecule has 1 aliphatic carbocycles. The lowest BCUT2D eigenvalue weighted by atomic mass is 9.78.